The van der Waals surface area contributed by atoms with Crippen LogP contribution >= 0.6 is 15.9 Å². The van der Waals surface area contributed by atoms with Gasteiger partial charge in [-0.25, -0.2) is 0 Å². The molecule has 2 nitrogen and oxygen atoms in total. The average Bonchev–Trinajstić information content (AvgIpc) is 2.58. The van der Waals surface area contributed by atoms with Crippen molar-refractivity contribution in [3.63, 3.8) is 0 Å². The SMILES string of the molecule is CC(N)C1CN(C(C)C)c2cccc(Br)c21. The molecule has 0 bridgehead atoms. The predicted octanol–water partition coefficient (Wildman–Crippen LogP) is 3.11. The van der Waals surface area contributed by atoms with E-state index in [1.54, 1.807) is 0 Å². The topological polar surface area (TPSA) is 29.3 Å². The van der Waals surface area contributed by atoms with Crippen LogP contribution in [0.25, 0.3) is 0 Å². The zero-order chi connectivity index (χ0) is 11.9. The molecule has 0 aliphatic carbocycles. The molecule has 1 aromatic carbocycles. The van der Waals surface area contributed by atoms with Crippen LogP contribution in [0.15, 0.2) is 22.7 Å². The Labute approximate surface area is 106 Å². The Morgan fingerprint density at radius 3 is 2.62 bits per heavy atom. The van der Waals surface area contributed by atoms with Crippen LogP contribution in [0, 0.1) is 0 Å². The number of rotatable bonds is 2. The van der Waals surface area contributed by atoms with Gasteiger partial charge in [-0.2, -0.15) is 0 Å². The first kappa shape index (κ1) is 11.9. The van der Waals surface area contributed by atoms with Crippen molar-refractivity contribution in [3.8, 4) is 0 Å². The molecule has 0 fully saturated rings. The highest BCUT2D eigenvalue weighted by Crippen LogP contribution is 2.42. The number of hydrogen-bond acceptors (Lipinski definition) is 2. The summed E-state index contributed by atoms with van der Waals surface area (Å²) in [7, 11) is 0. The number of benzene rings is 1. The van der Waals surface area contributed by atoms with Gasteiger partial charge in [-0.15, -0.1) is 0 Å². The zero-order valence-electron chi connectivity index (χ0n) is 10.1. The zero-order valence-corrected chi connectivity index (χ0v) is 11.7. The minimum atomic E-state index is 0.196. The Morgan fingerprint density at radius 2 is 2.06 bits per heavy atom. The summed E-state index contributed by atoms with van der Waals surface area (Å²) in [6.07, 6.45) is 0. The van der Waals surface area contributed by atoms with Crippen molar-refractivity contribution >= 4 is 21.6 Å². The second-order valence-electron chi connectivity index (χ2n) is 4.88. The van der Waals surface area contributed by atoms with Gasteiger partial charge in [0.05, 0.1) is 0 Å². The van der Waals surface area contributed by atoms with Crippen molar-refractivity contribution < 1.29 is 0 Å². The molecule has 2 rings (SSSR count). The fourth-order valence-electron chi connectivity index (χ4n) is 2.46. The van der Waals surface area contributed by atoms with Crippen LogP contribution in [0.3, 0.4) is 0 Å². The van der Waals surface area contributed by atoms with Crippen molar-refractivity contribution in [1.82, 2.24) is 0 Å². The summed E-state index contributed by atoms with van der Waals surface area (Å²) in [5.41, 5.74) is 8.82. The molecule has 0 spiro atoms. The summed E-state index contributed by atoms with van der Waals surface area (Å²) < 4.78 is 1.19. The van der Waals surface area contributed by atoms with Gasteiger partial charge in [0.2, 0.25) is 0 Å². The van der Waals surface area contributed by atoms with Crippen LogP contribution in [-0.4, -0.2) is 18.6 Å². The van der Waals surface area contributed by atoms with Gasteiger partial charge >= 0.3 is 0 Å². The summed E-state index contributed by atoms with van der Waals surface area (Å²) in [6, 6.07) is 7.13. The fourth-order valence-corrected chi connectivity index (χ4v) is 3.11. The van der Waals surface area contributed by atoms with Crippen LogP contribution < -0.4 is 10.6 Å². The normalized spacial score (nSPS) is 21.4. The van der Waals surface area contributed by atoms with Gasteiger partial charge in [-0.05, 0) is 38.5 Å². The monoisotopic (exact) mass is 282 g/mol. The molecule has 1 aromatic rings. The van der Waals surface area contributed by atoms with Crippen molar-refractivity contribution in [2.24, 2.45) is 5.73 Å². The van der Waals surface area contributed by atoms with Gasteiger partial charge in [0.15, 0.2) is 0 Å². The number of anilines is 1. The Bertz CT molecular complexity index is 388. The number of hydrogen-bond donors (Lipinski definition) is 1. The van der Waals surface area contributed by atoms with Gasteiger partial charge in [-0.3, -0.25) is 0 Å². The van der Waals surface area contributed by atoms with E-state index in [2.05, 4.69) is 59.8 Å². The number of fused-ring (bicyclic) bond motifs is 1. The van der Waals surface area contributed by atoms with E-state index >= 15 is 0 Å². The number of nitrogens with two attached hydrogens (primary N) is 1. The molecule has 1 aliphatic heterocycles. The Balaban J connectivity index is 2.49. The number of nitrogens with zero attached hydrogens (tertiary/aromatic N) is 1. The van der Waals surface area contributed by atoms with Crippen molar-refractivity contribution in [2.45, 2.75) is 38.8 Å². The Kier molecular flexibility index (Phi) is 3.27. The first-order chi connectivity index (χ1) is 7.52. The molecule has 0 saturated heterocycles. The van der Waals surface area contributed by atoms with Gasteiger partial charge in [0, 0.05) is 34.7 Å². The van der Waals surface area contributed by atoms with Crippen LogP contribution in [0.4, 0.5) is 5.69 Å². The molecule has 2 N–H and O–H groups in total. The molecule has 0 aromatic heterocycles. The second kappa shape index (κ2) is 4.38. The first-order valence-electron chi connectivity index (χ1n) is 5.83. The molecule has 88 valence electrons. The standard InChI is InChI=1S/C13H19BrN2/c1-8(2)16-7-10(9(3)15)13-11(14)5-4-6-12(13)16/h4-6,8-10H,7,15H2,1-3H3. The molecule has 1 aliphatic rings. The molecule has 0 radical (unpaired) electrons. The molecule has 3 heteroatoms. The summed E-state index contributed by atoms with van der Waals surface area (Å²) in [5, 5.41) is 0. The maximum absolute atomic E-state index is 6.10. The van der Waals surface area contributed by atoms with Crippen molar-refractivity contribution in [2.75, 3.05) is 11.4 Å². The first-order valence-corrected chi connectivity index (χ1v) is 6.62. The highest BCUT2D eigenvalue weighted by atomic mass is 79.9. The van der Waals surface area contributed by atoms with Crippen LogP contribution in [0.1, 0.15) is 32.3 Å². The average molecular weight is 283 g/mol. The third kappa shape index (κ3) is 1.87. The van der Waals surface area contributed by atoms with Gasteiger partial charge < -0.3 is 10.6 Å². The van der Waals surface area contributed by atoms with E-state index in [0.29, 0.717) is 12.0 Å². The highest BCUT2D eigenvalue weighted by Gasteiger charge is 2.33. The van der Waals surface area contributed by atoms with Gasteiger partial charge in [-0.1, -0.05) is 22.0 Å². The molecule has 0 saturated carbocycles. The summed E-state index contributed by atoms with van der Waals surface area (Å²) in [5.74, 6) is 0.438. The largest absolute Gasteiger partial charge is 0.368 e. The van der Waals surface area contributed by atoms with E-state index < -0.39 is 0 Å². The maximum atomic E-state index is 6.10. The summed E-state index contributed by atoms with van der Waals surface area (Å²) >= 11 is 3.65. The van der Waals surface area contributed by atoms with E-state index in [1.807, 2.05) is 0 Å². The second-order valence-corrected chi connectivity index (χ2v) is 5.74. The van der Waals surface area contributed by atoms with Crippen molar-refractivity contribution in [1.29, 1.82) is 0 Å². The van der Waals surface area contributed by atoms with E-state index in [4.69, 9.17) is 5.73 Å². The van der Waals surface area contributed by atoms with E-state index in [0.717, 1.165) is 6.54 Å². The summed E-state index contributed by atoms with van der Waals surface area (Å²) in [4.78, 5) is 2.44. The molecule has 0 amide bonds. The quantitative estimate of drug-likeness (QED) is 0.903. The smallest absolute Gasteiger partial charge is 0.0416 e. The van der Waals surface area contributed by atoms with Crippen LogP contribution in [-0.2, 0) is 0 Å². The van der Waals surface area contributed by atoms with E-state index in [-0.39, 0.29) is 6.04 Å². The van der Waals surface area contributed by atoms with Crippen molar-refractivity contribution in [3.05, 3.63) is 28.2 Å². The van der Waals surface area contributed by atoms with Gasteiger partial charge in [0.1, 0.15) is 0 Å². The third-order valence-corrected chi connectivity index (χ3v) is 4.05. The minimum absolute atomic E-state index is 0.196. The highest BCUT2D eigenvalue weighted by molar-refractivity contribution is 9.10. The lowest BCUT2D eigenvalue weighted by Crippen LogP contribution is -2.33. The van der Waals surface area contributed by atoms with E-state index in [9.17, 15) is 0 Å². The maximum Gasteiger partial charge on any atom is 0.0416 e. The summed E-state index contributed by atoms with van der Waals surface area (Å²) in [6.45, 7) is 7.59. The Morgan fingerprint density at radius 1 is 1.38 bits per heavy atom. The Hall–Kier alpha value is -0.540. The fraction of sp³-hybridized carbons (Fsp3) is 0.538. The van der Waals surface area contributed by atoms with Gasteiger partial charge in [0.25, 0.3) is 0 Å². The van der Waals surface area contributed by atoms with Crippen LogP contribution in [0.2, 0.25) is 0 Å². The lowest BCUT2D eigenvalue weighted by Gasteiger charge is -2.25. The molecular weight excluding hydrogens is 264 g/mol. The third-order valence-electron chi connectivity index (χ3n) is 3.36. The van der Waals surface area contributed by atoms with E-state index in [1.165, 1.54) is 15.7 Å². The predicted molar refractivity (Wildman–Crippen MR) is 73.0 cm³/mol. The lowest BCUT2D eigenvalue weighted by molar-refractivity contribution is 0.564. The molecule has 2 unspecified atom stereocenters. The molecule has 16 heavy (non-hydrogen) atoms. The molecular formula is C13H19BrN2. The lowest BCUT2D eigenvalue weighted by atomic mass is 9.95. The minimum Gasteiger partial charge on any atom is -0.368 e. The molecule has 2 atom stereocenters. The molecule has 1 heterocycles. The number of halogens is 1. The van der Waals surface area contributed by atoms with Crippen LogP contribution in [0.5, 0.6) is 0 Å².